The second-order valence-electron chi connectivity index (χ2n) is 9.70. The Balaban J connectivity index is 1.55. The molecule has 2 fully saturated rings. The standard InChI is InChI=1S/C24H34N2O12S/c1-26(2)13-7-3-6-12-11(13)5-4-8-16(12)39(34,35)25-23-20(32)19(31)22(15(10-28)36-23)38-24-21(33)18(30)17(29)14(9-27)37-24/h3-8,14-15,17-25,27-33H,9-10H2,1-2H3/t14-,15-,17+,18+,19-,20-,21-,22-,23?,24+/m1/s1. The van der Waals surface area contributed by atoms with E-state index in [1.165, 1.54) is 6.07 Å². The fraction of sp³-hybridized carbons (Fsp3) is 0.583. The third-order valence-electron chi connectivity index (χ3n) is 6.91. The van der Waals surface area contributed by atoms with E-state index in [0.717, 1.165) is 5.69 Å². The largest absolute Gasteiger partial charge is 0.394 e. The van der Waals surface area contributed by atoms with E-state index >= 15 is 0 Å². The lowest BCUT2D eigenvalue weighted by Gasteiger charge is -2.46. The predicted octanol–water partition coefficient (Wildman–Crippen LogP) is -3.19. The van der Waals surface area contributed by atoms with E-state index in [9.17, 15) is 44.2 Å². The highest BCUT2D eigenvalue weighted by Crippen LogP contribution is 2.32. The van der Waals surface area contributed by atoms with Gasteiger partial charge >= 0.3 is 0 Å². The molecule has 1 unspecified atom stereocenters. The normalized spacial score (nSPS) is 35.7. The number of nitrogens with zero attached hydrogens (tertiary/aromatic N) is 1. The maximum Gasteiger partial charge on any atom is 0.243 e. The van der Waals surface area contributed by atoms with E-state index in [2.05, 4.69) is 4.72 Å². The van der Waals surface area contributed by atoms with Crippen LogP contribution in [-0.2, 0) is 24.2 Å². The quantitative estimate of drug-likeness (QED) is 0.156. The van der Waals surface area contributed by atoms with E-state index < -0.39 is 84.6 Å². The number of hydrogen-bond donors (Lipinski definition) is 8. The van der Waals surface area contributed by atoms with Gasteiger partial charge in [-0.05, 0) is 12.1 Å². The maximum absolute atomic E-state index is 13.4. The van der Waals surface area contributed by atoms with Crippen molar-refractivity contribution < 1.29 is 58.4 Å². The second kappa shape index (κ2) is 11.9. The van der Waals surface area contributed by atoms with Gasteiger partial charge in [0, 0.05) is 30.6 Å². The molecule has 39 heavy (non-hydrogen) atoms. The monoisotopic (exact) mass is 574 g/mol. The molecule has 0 amide bonds. The highest BCUT2D eigenvalue weighted by molar-refractivity contribution is 7.89. The minimum atomic E-state index is -4.33. The van der Waals surface area contributed by atoms with Gasteiger partial charge < -0.3 is 54.9 Å². The highest BCUT2D eigenvalue weighted by Gasteiger charge is 2.51. The third kappa shape index (κ3) is 5.76. The van der Waals surface area contributed by atoms with Crippen LogP contribution in [0.15, 0.2) is 41.3 Å². The Hall–Kier alpha value is -1.99. The molecule has 2 aliphatic rings. The molecule has 2 aromatic rings. The molecule has 0 spiro atoms. The molecule has 2 heterocycles. The van der Waals surface area contributed by atoms with Crippen LogP contribution in [0, 0.1) is 0 Å². The summed E-state index contributed by atoms with van der Waals surface area (Å²) in [6.07, 6.45) is -16.7. The number of sulfonamides is 1. The van der Waals surface area contributed by atoms with Crippen LogP contribution in [0.3, 0.4) is 0 Å². The zero-order valence-corrected chi connectivity index (χ0v) is 22.0. The number of ether oxygens (including phenoxy) is 3. The Kier molecular flexibility index (Phi) is 9.12. The molecule has 2 aromatic carbocycles. The van der Waals surface area contributed by atoms with Gasteiger partial charge in [0.25, 0.3) is 0 Å². The first-order valence-corrected chi connectivity index (χ1v) is 13.7. The fourth-order valence-corrected chi connectivity index (χ4v) is 6.15. The van der Waals surface area contributed by atoms with Gasteiger partial charge in [0.15, 0.2) is 12.5 Å². The van der Waals surface area contributed by atoms with Crippen LogP contribution >= 0.6 is 0 Å². The van der Waals surface area contributed by atoms with Gasteiger partial charge in [-0.1, -0.05) is 24.3 Å². The number of fused-ring (bicyclic) bond motifs is 1. The summed E-state index contributed by atoms with van der Waals surface area (Å²) in [4.78, 5) is 1.73. The van der Waals surface area contributed by atoms with E-state index in [1.807, 2.05) is 25.1 Å². The summed E-state index contributed by atoms with van der Waals surface area (Å²) < 4.78 is 45.4. The maximum atomic E-state index is 13.4. The molecule has 15 heteroatoms. The summed E-state index contributed by atoms with van der Waals surface area (Å²) in [5.74, 6) is 0. The SMILES string of the molecule is CN(C)c1cccc2c(S(=O)(=O)NC3O[C@H](CO)[C@@H](O[C@@H]4O[C@H](CO)[C@H](O)[C@H](O)[C@H]4O)[C@H](O)[C@H]3O)cccc12. The summed E-state index contributed by atoms with van der Waals surface area (Å²) in [5.41, 5.74) is 0.780. The van der Waals surface area contributed by atoms with Crippen LogP contribution in [0.2, 0.25) is 0 Å². The van der Waals surface area contributed by atoms with E-state index in [-0.39, 0.29) is 4.90 Å². The average molecular weight is 575 g/mol. The Labute approximate surface area is 224 Å². The van der Waals surface area contributed by atoms with Crippen LogP contribution < -0.4 is 9.62 Å². The average Bonchev–Trinajstić information content (AvgIpc) is 2.91. The van der Waals surface area contributed by atoms with Gasteiger partial charge in [0.05, 0.1) is 18.1 Å². The van der Waals surface area contributed by atoms with E-state index in [4.69, 9.17) is 14.2 Å². The number of anilines is 1. The Morgan fingerprint density at radius 3 is 2.10 bits per heavy atom. The van der Waals surface area contributed by atoms with Crippen LogP contribution in [-0.4, -0.2) is 133 Å². The van der Waals surface area contributed by atoms with Crippen LogP contribution in [0.5, 0.6) is 0 Å². The minimum Gasteiger partial charge on any atom is -0.394 e. The summed E-state index contributed by atoms with van der Waals surface area (Å²) in [5, 5.41) is 72.1. The fourth-order valence-electron chi connectivity index (χ4n) is 4.79. The molecule has 4 rings (SSSR count). The van der Waals surface area contributed by atoms with Gasteiger partial charge in [-0.3, -0.25) is 0 Å². The number of hydrogen-bond acceptors (Lipinski definition) is 13. The first-order chi connectivity index (χ1) is 18.4. The van der Waals surface area contributed by atoms with Crippen molar-refractivity contribution in [3.63, 3.8) is 0 Å². The molecule has 0 bridgehead atoms. The topological polar surface area (TPSA) is 219 Å². The Morgan fingerprint density at radius 2 is 1.46 bits per heavy atom. The van der Waals surface area contributed by atoms with E-state index in [0.29, 0.717) is 10.8 Å². The van der Waals surface area contributed by atoms with Gasteiger partial charge in [-0.15, -0.1) is 0 Å². The molecule has 218 valence electrons. The van der Waals surface area contributed by atoms with Gasteiger partial charge in [-0.2, -0.15) is 4.72 Å². The van der Waals surface area contributed by atoms with Crippen molar-refractivity contribution in [2.24, 2.45) is 0 Å². The zero-order valence-electron chi connectivity index (χ0n) is 21.2. The molecule has 0 saturated carbocycles. The molecule has 2 saturated heterocycles. The van der Waals surface area contributed by atoms with Crippen molar-refractivity contribution >= 4 is 26.5 Å². The van der Waals surface area contributed by atoms with Crippen molar-refractivity contribution in [3.8, 4) is 0 Å². The summed E-state index contributed by atoms with van der Waals surface area (Å²) in [7, 11) is -0.697. The van der Waals surface area contributed by atoms with Crippen molar-refractivity contribution in [1.29, 1.82) is 0 Å². The van der Waals surface area contributed by atoms with Crippen LogP contribution in [0.4, 0.5) is 5.69 Å². The minimum absolute atomic E-state index is 0.103. The lowest BCUT2D eigenvalue weighted by Crippen LogP contribution is -2.66. The van der Waals surface area contributed by atoms with Crippen LogP contribution in [0.1, 0.15) is 0 Å². The molecule has 14 nitrogen and oxygen atoms in total. The second-order valence-corrected chi connectivity index (χ2v) is 11.4. The molecular weight excluding hydrogens is 540 g/mol. The van der Waals surface area contributed by atoms with Crippen molar-refractivity contribution in [2.75, 3.05) is 32.2 Å². The first kappa shape index (κ1) is 30.0. The van der Waals surface area contributed by atoms with Crippen LogP contribution in [0.25, 0.3) is 10.8 Å². The number of nitrogens with one attached hydrogen (secondary N) is 1. The molecule has 0 aromatic heterocycles. The molecule has 0 aliphatic carbocycles. The summed E-state index contributed by atoms with van der Waals surface area (Å²) in [6, 6.07) is 9.88. The summed E-state index contributed by atoms with van der Waals surface area (Å²) >= 11 is 0. The van der Waals surface area contributed by atoms with Crippen molar-refractivity contribution in [3.05, 3.63) is 36.4 Å². The first-order valence-electron chi connectivity index (χ1n) is 12.2. The van der Waals surface area contributed by atoms with Gasteiger partial charge in [0.1, 0.15) is 48.8 Å². The predicted molar refractivity (Wildman–Crippen MR) is 135 cm³/mol. The Morgan fingerprint density at radius 1 is 0.821 bits per heavy atom. The number of aliphatic hydroxyl groups excluding tert-OH is 7. The van der Waals surface area contributed by atoms with Crippen molar-refractivity contribution in [2.45, 2.75) is 66.2 Å². The molecule has 0 radical (unpaired) electrons. The van der Waals surface area contributed by atoms with Crippen molar-refractivity contribution in [1.82, 2.24) is 4.72 Å². The molecule has 10 atom stereocenters. The van der Waals surface area contributed by atoms with E-state index in [1.54, 1.807) is 24.3 Å². The molecule has 8 N–H and O–H groups in total. The van der Waals surface area contributed by atoms with Gasteiger partial charge in [0.2, 0.25) is 10.0 Å². The summed E-state index contributed by atoms with van der Waals surface area (Å²) in [6.45, 7) is -1.53. The molecular formula is C24H34N2O12S. The number of benzene rings is 2. The van der Waals surface area contributed by atoms with Gasteiger partial charge in [-0.25, -0.2) is 8.42 Å². The number of aliphatic hydroxyl groups is 7. The lowest BCUT2D eigenvalue weighted by molar-refractivity contribution is -0.342. The lowest BCUT2D eigenvalue weighted by atomic mass is 9.96. The highest BCUT2D eigenvalue weighted by atomic mass is 32.2. The smallest absolute Gasteiger partial charge is 0.243 e. The third-order valence-corrected chi connectivity index (χ3v) is 8.38. The molecule has 2 aliphatic heterocycles. The Bertz CT molecular complexity index is 1240. The zero-order chi connectivity index (χ0) is 28.6. The number of rotatable bonds is 8.